The van der Waals surface area contributed by atoms with Crippen LogP contribution >= 0.6 is 0 Å². The van der Waals surface area contributed by atoms with Crippen molar-refractivity contribution < 1.29 is 4.79 Å². The number of ketones is 1. The maximum atomic E-state index is 12.0. The van der Waals surface area contributed by atoms with Gasteiger partial charge in [0.2, 0.25) is 0 Å². The highest BCUT2D eigenvalue weighted by atomic mass is 16.1. The van der Waals surface area contributed by atoms with Crippen LogP contribution in [0.4, 0.5) is 0 Å². The topological polar surface area (TPSA) is 17.1 Å². The smallest absolute Gasteiger partial charge is 0.181 e. The fourth-order valence-corrected chi connectivity index (χ4v) is 2.65. The largest absolute Gasteiger partial charge is 0.290 e. The van der Waals surface area contributed by atoms with Gasteiger partial charge in [-0.15, -0.1) is 0 Å². The second-order valence-corrected chi connectivity index (χ2v) is 4.96. The van der Waals surface area contributed by atoms with Crippen LogP contribution in [-0.2, 0) is 11.2 Å². The highest BCUT2D eigenvalue weighted by molar-refractivity contribution is 6.09. The normalized spacial score (nSPS) is 13.3. The summed E-state index contributed by atoms with van der Waals surface area (Å²) in [5.74, 6) is 0.114. The maximum Gasteiger partial charge on any atom is 0.181 e. The van der Waals surface area contributed by atoms with E-state index >= 15 is 0 Å². The van der Waals surface area contributed by atoms with E-state index in [9.17, 15) is 4.79 Å². The number of carbonyl (C=O) groups excluding carboxylic acids is 1. The van der Waals surface area contributed by atoms with E-state index in [1.54, 1.807) is 12.2 Å². The van der Waals surface area contributed by atoms with Gasteiger partial charge in [0.05, 0.1) is 0 Å². The summed E-state index contributed by atoms with van der Waals surface area (Å²) in [5.41, 5.74) is 5.69. The number of benzene rings is 2. The molecule has 3 rings (SSSR count). The maximum absolute atomic E-state index is 12.0. The third-order valence-electron chi connectivity index (χ3n) is 3.62. The lowest BCUT2D eigenvalue weighted by Crippen LogP contribution is -1.97. The molecule has 0 saturated heterocycles. The van der Waals surface area contributed by atoms with E-state index in [1.165, 1.54) is 22.3 Å². The molecule has 1 aliphatic rings. The van der Waals surface area contributed by atoms with Crippen molar-refractivity contribution in [2.75, 3.05) is 0 Å². The molecule has 0 amide bonds. The van der Waals surface area contributed by atoms with Gasteiger partial charge in [0, 0.05) is 12.0 Å². The Morgan fingerprint density at radius 1 is 1.05 bits per heavy atom. The van der Waals surface area contributed by atoms with E-state index in [4.69, 9.17) is 0 Å². The van der Waals surface area contributed by atoms with Crippen molar-refractivity contribution in [1.29, 1.82) is 0 Å². The van der Waals surface area contributed by atoms with Gasteiger partial charge in [0.15, 0.2) is 5.78 Å². The van der Waals surface area contributed by atoms with Crippen LogP contribution in [0.15, 0.2) is 66.3 Å². The highest BCUT2D eigenvalue weighted by Gasteiger charge is 2.19. The Morgan fingerprint density at radius 2 is 1.85 bits per heavy atom. The van der Waals surface area contributed by atoms with Crippen LogP contribution in [-0.4, -0.2) is 5.78 Å². The Hall–Kier alpha value is -2.41. The standard InChI is InChI=1S/C19H16O/c1-2-7-19(20)16-12-15-10-6-11-17(18(15)13-16)14-8-4-3-5-9-14/h2-11,13H,12H2,1H3/b7-2+. The molecule has 0 aromatic heterocycles. The second-order valence-electron chi connectivity index (χ2n) is 4.96. The van der Waals surface area contributed by atoms with Crippen molar-refractivity contribution in [2.24, 2.45) is 0 Å². The van der Waals surface area contributed by atoms with Gasteiger partial charge < -0.3 is 0 Å². The third kappa shape index (κ3) is 2.23. The average molecular weight is 260 g/mol. The van der Waals surface area contributed by atoms with Crippen LogP contribution in [0.3, 0.4) is 0 Å². The minimum absolute atomic E-state index is 0.114. The number of allylic oxidation sites excluding steroid dienone is 3. The second kappa shape index (κ2) is 5.30. The van der Waals surface area contributed by atoms with Crippen LogP contribution < -0.4 is 0 Å². The van der Waals surface area contributed by atoms with Gasteiger partial charge in [-0.1, -0.05) is 54.6 Å². The van der Waals surface area contributed by atoms with Crippen LogP contribution in [0.1, 0.15) is 18.1 Å². The first kappa shape index (κ1) is 12.6. The third-order valence-corrected chi connectivity index (χ3v) is 3.62. The molecular weight excluding hydrogens is 244 g/mol. The van der Waals surface area contributed by atoms with E-state index in [-0.39, 0.29) is 5.78 Å². The van der Waals surface area contributed by atoms with Crippen LogP contribution in [0, 0.1) is 0 Å². The Kier molecular flexibility index (Phi) is 3.34. The molecule has 0 aliphatic heterocycles. The number of rotatable bonds is 3. The summed E-state index contributed by atoms with van der Waals surface area (Å²) in [6.45, 7) is 1.87. The first-order valence-electron chi connectivity index (χ1n) is 6.84. The minimum Gasteiger partial charge on any atom is -0.290 e. The fourth-order valence-electron chi connectivity index (χ4n) is 2.65. The van der Waals surface area contributed by atoms with E-state index in [1.807, 2.05) is 31.2 Å². The lowest BCUT2D eigenvalue weighted by Gasteiger charge is -2.07. The summed E-state index contributed by atoms with van der Waals surface area (Å²) in [4.78, 5) is 12.0. The summed E-state index contributed by atoms with van der Waals surface area (Å²) in [6.07, 6.45) is 6.21. The zero-order valence-electron chi connectivity index (χ0n) is 11.5. The number of fused-ring (bicyclic) bond motifs is 1. The molecule has 0 fully saturated rings. The molecule has 20 heavy (non-hydrogen) atoms. The predicted molar refractivity (Wildman–Crippen MR) is 83.4 cm³/mol. The van der Waals surface area contributed by atoms with Crippen LogP contribution in [0.5, 0.6) is 0 Å². The average Bonchev–Trinajstić information content (AvgIpc) is 2.92. The Morgan fingerprint density at radius 3 is 2.60 bits per heavy atom. The fraction of sp³-hybridized carbons (Fsp3) is 0.105. The molecule has 1 heteroatoms. The molecule has 0 saturated carbocycles. The molecule has 2 aromatic carbocycles. The van der Waals surface area contributed by atoms with Crippen LogP contribution in [0.25, 0.3) is 17.2 Å². The Labute approximate surface area is 119 Å². The summed E-state index contributed by atoms with van der Waals surface area (Å²) in [6, 6.07) is 16.6. The molecule has 0 atom stereocenters. The summed E-state index contributed by atoms with van der Waals surface area (Å²) in [7, 11) is 0. The SMILES string of the molecule is C/C=C/C(=O)C1=Cc2c(cccc2-c2ccccc2)C1. The van der Waals surface area contributed by atoms with Crippen molar-refractivity contribution in [3.63, 3.8) is 0 Å². The van der Waals surface area contributed by atoms with Gasteiger partial charge in [-0.05, 0) is 41.3 Å². The van der Waals surface area contributed by atoms with Crippen molar-refractivity contribution in [1.82, 2.24) is 0 Å². The molecule has 0 N–H and O–H groups in total. The molecule has 2 aromatic rings. The molecule has 0 radical (unpaired) electrons. The Bertz CT molecular complexity index is 706. The summed E-state index contributed by atoms with van der Waals surface area (Å²) >= 11 is 0. The van der Waals surface area contributed by atoms with Gasteiger partial charge in [-0.25, -0.2) is 0 Å². The van der Waals surface area contributed by atoms with Crippen molar-refractivity contribution in [3.05, 3.63) is 77.4 Å². The van der Waals surface area contributed by atoms with Gasteiger partial charge in [-0.2, -0.15) is 0 Å². The van der Waals surface area contributed by atoms with E-state index in [2.05, 4.69) is 30.3 Å². The van der Waals surface area contributed by atoms with E-state index in [0.29, 0.717) is 0 Å². The number of carbonyl (C=O) groups is 1. The summed E-state index contributed by atoms with van der Waals surface area (Å²) < 4.78 is 0. The zero-order chi connectivity index (χ0) is 13.9. The van der Waals surface area contributed by atoms with Crippen molar-refractivity contribution in [3.8, 4) is 11.1 Å². The first-order chi connectivity index (χ1) is 9.79. The summed E-state index contributed by atoms with van der Waals surface area (Å²) in [5, 5.41) is 0. The lowest BCUT2D eigenvalue weighted by atomic mass is 9.97. The van der Waals surface area contributed by atoms with E-state index in [0.717, 1.165) is 12.0 Å². The van der Waals surface area contributed by atoms with Gasteiger partial charge in [0.1, 0.15) is 0 Å². The molecule has 0 bridgehead atoms. The molecule has 0 spiro atoms. The molecule has 98 valence electrons. The predicted octanol–water partition coefficient (Wildman–Crippen LogP) is 4.44. The van der Waals surface area contributed by atoms with Crippen molar-refractivity contribution in [2.45, 2.75) is 13.3 Å². The molecular formula is C19H16O. The molecule has 0 heterocycles. The van der Waals surface area contributed by atoms with E-state index < -0.39 is 0 Å². The van der Waals surface area contributed by atoms with Gasteiger partial charge in [0.25, 0.3) is 0 Å². The van der Waals surface area contributed by atoms with Crippen LogP contribution in [0.2, 0.25) is 0 Å². The number of hydrogen-bond acceptors (Lipinski definition) is 1. The number of hydrogen-bond donors (Lipinski definition) is 0. The quantitative estimate of drug-likeness (QED) is 0.746. The highest BCUT2D eigenvalue weighted by Crippen LogP contribution is 2.34. The first-order valence-corrected chi connectivity index (χ1v) is 6.84. The minimum atomic E-state index is 0.114. The molecule has 0 unspecified atom stereocenters. The Balaban J connectivity index is 2.06. The monoisotopic (exact) mass is 260 g/mol. The lowest BCUT2D eigenvalue weighted by molar-refractivity contribution is -0.111. The molecule has 1 nitrogen and oxygen atoms in total. The molecule has 1 aliphatic carbocycles. The zero-order valence-corrected chi connectivity index (χ0v) is 11.5. The van der Waals surface area contributed by atoms with Gasteiger partial charge in [-0.3, -0.25) is 4.79 Å². The van der Waals surface area contributed by atoms with Gasteiger partial charge >= 0.3 is 0 Å². The van der Waals surface area contributed by atoms with Crippen molar-refractivity contribution >= 4 is 11.9 Å².